The molecular weight excluding hydrogens is 190 g/mol. The van der Waals surface area contributed by atoms with E-state index in [-0.39, 0.29) is 12.0 Å². The zero-order valence-corrected chi connectivity index (χ0v) is 9.65. The van der Waals surface area contributed by atoms with Gasteiger partial charge < -0.3 is 9.64 Å². The highest BCUT2D eigenvalue weighted by Gasteiger charge is 2.08. The van der Waals surface area contributed by atoms with Crippen LogP contribution in [0.25, 0.3) is 0 Å². The van der Waals surface area contributed by atoms with Gasteiger partial charge in [0.1, 0.15) is 5.75 Å². The van der Waals surface area contributed by atoms with Crippen molar-refractivity contribution < 1.29 is 9.53 Å². The molecule has 0 aromatic heterocycles. The van der Waals surface area contributed by atoms with E-state index in [4.69, 9.17) is 4.74 Å². The molecule has 0 heterocycles. The summed E-state index contributed by atoms with van der Waals surface area (Å²) in [6, 6.07) is 7.23. The van der Waals surface area contributed by atoms with E-state index in [1.165, 1.54) is 0 Å². The fraction of sp³-hybridized carbons (Fsp3) is 0.417. The molecule has 0 aliphatic heterocycles. The lowest BCUT2D eigenvalue weighted by atomic mass is 10.2. The van der Waals surface area contributed by atoms with E-state index in [1.807, 2.05) is 26.0 Å². The van der Waals surface area contributed by atoms with Crippen LogP contribution in [-0.4, -0.2) is 31.0 Å². The maximum atomic E-state index is 11.7. The average molecular weight is 207 g/mol. The number of benzene rings is 1. The lowest BCUT2D eigenvalue weighted by Gasteiger charge is -2.13. The van der Waals surface area contributed by atoms with Crippen LogP contribution in [0.2, 0.25) is 0 Å². The summed E-state index contributed by atoms with van der Waals surface area (Å²) in [6.45, 7) is 3.92. The van der Waals surface area contributed by atoms with Crippen molar-refractivity contribution in [2.45, 2.75) is 20.0 Å². The number of carbonyl (C=O) groups is 1. The number of amides is 1. The van der Waals surface area contributed by atoms with Crippen LogP contribution in [0.15, 0.2) is 24.3 Å². The van der Waals surface area contributed by atoms with Gasteiger partial charge in [0.05, 0.1) is 6.10 Å². The van der Waals surface area contributed by atoms with Crippen LogP contribution < -0.4 is 4.74 Å². The van der Waals surface area contributed by atoms with Gasteiger partial charge in [-0.15, -0.1) is 0 Å². The minimum atomic E-state index is -0.00999. The van der Waals surface area contributed by atoms with E-state index < -0.39 is 0 Å². The maximum Gasteiger partial charge on any atom is 0.253 e. The van der Waals surface area contributed by atoms with Crippen molar-refractivity contribution in [3.05, 3.63) is 29.8 Å². The van der Waals surface area contributed by atoms with Crippen molar-refractivity contribution >= 4 is 5.91 Å². The second-order valence-corrected chi connectivity index (χ2v) is 3.89. The Labute approximate surface area is 90.7 Å². The smallest absolute Gasteiger partial charge is 0.253 e. The molecule has 1 rings (SSSR count). The summed E-state index contributed by atoms with van der Waals surface area (Å²) in [4.78, 5) is 13.2. The molecule has 82 valence electrons. The molecule has 0 N–H and O–H groups in total. The number of nitrogens with zero attached hydrogens (tertiary/aromatic N) is 1. The summed E-state index contributed by atoms with van der Waals surface area (Å²) < 4.78 is 5.51. The standard InChI is InChI=1S/C12H17NO2/c1-9(2)15-11-7-5-6-10(8-11)12(14)13(3)4/h5-9H,1-4H3. The minimum absolute atomic E-state index is 0.00999. The van der Waals surface area contributed by atoms with Crippen molar-refractivity contribution in [1.82, 2.24) is 4.90 Å². The predicted molar refractivity (Wildman–Crippen MR) is 60.2 cm³/mol. The number of ether oxygens (including phenoxy) is 1. The van der Waals surface area contributed by atoms with E-state index in [9.17, 15) is 4.79 Å². The van der Waals surface area contributed by atoms with Gasteiger partial charge >= 0.3 is 0 Å². The molecule has 0 saturated carbocycles. The van der Waals surface area contributed by atoms with E-state index in [1.54, 1.807) is 31.1 Å². The number of hydrogen-bond acceptors (Lipinski definition) is 2. The number of rotatable bonds is 3. The first-order chi connectivity index (χ1) is 7.00. The summed E-state index contributed by atoms with van der Waals surface area (Å²) in [5.74, 6) is 0.724. The van der Waals surface area contributed by atoms with Crippen LogP contribution in [0, 0.1) is 0 Å². The van der Waals surface area contributed by atoms with E-state index in [2.05, 4.69) is 0 Å². The Hall–Kier alpha value is -1.51. The summed E-state index contributed by atoms with van der Waals surface area (Å²) in [7, 11) is 3.47. The molecule has 0 aliphatic rings. The third kappa shape index (κ3) is 3.27. The van der Waals surface area contributed by atoms with Gasteiger partial charge in [0.2, 0.25) is 0 Å². The third-order valence-electron chi connectivity index (χ3n) is 1.86. The lowest BCUT2D eigenvalue weighted by Crippen LogP contribution is -2.21. The zero-order valence-electron chi connectivity index (χ0n) is 9.65. The zero-order chi connectivity index (χ0) is 11.4. The van der Waals surface area contributed by atoms with Gasteiger partial charge in [-0.3, -0.25) is 4.79 Å². The summed E-state index contributed by atoms with van der Waals surface area (Å²) >= 11 is 0. The summed E-state index contributed by atoms with van der Waals surface area (Å²) in [5, 5.41) is 0. The second-order valence-electron chi connectivity index (χ2n) is 3.89. The molecule has 0 aliphatic carbocycles. The molecule has 0 saturated heterocycles. The van der Waals surface area contributed by atoms with Gasteiger partial charge in [-0.1, -0.05) is 6.07 Å². The predicted octanol–water partition coefficient (Wildman–Crippen LogP) is 2.18. The van der Waals surface area contributed by atoms with E-state index in [0.717, 1.165) is 5.75 Å². The first kappa shape index (κ1) is 11.6. The Morgan fingerprint density at radius 2 is 2.00 bits per heavy atom. The van der Waals surface area contributed by atoms with Crippen LogP contribution in [0.3, 0.4) is 0 Å². The van der Waals surface area contributed by atoms with Gasteiger partial charge in [-0.25, -0.2) is 0 Å². The highest BCUT2D eigenvalue weighted by Crippen LogP contribution is 2.15. The third-order valence-corrected chi connectivity index (χ3v) is 1.86. The average Bonchev–Trinajstić information content (AvgIpc) is 2.16. The van der Waals surface area contributed by atoms with Crippen LogP contribution >= 0.6 is 0 Å². The fourth-order valence-electron chi connectivity index (χ4n) is 1.23. The Kier molecular flexibility index (Phi) is 3.72. The first-order valence-corrected chi connectivity index (χ1v) is 4.99. The summed E-state index contributed by atoms with van der Waals surface area (Å²) in [6.07, 6.45) is 0.120. The van der Waals surface area contributed by atoms with Gasteiger partial charge in [-0.05, 0) is 32.0 Å². The van der Waals surface area contributed by atoms with Gasteiger partial charge in [0.25, 0.3) is 5.91 Å². The van der Waals surface area contributed by atoms with Crippen LogP contribution in [0.4, 0.5) is 0 Å². The molecule has 1 aromatic carbocycles. The number of hydrogen-bond donors (Lipinski definition) is 0. The van der Waals surface area contributed by atoms with Crippen molar-refractivity contribution in [2.75, 3.05) is 14.1 Å². The fourth-order valence-corrected chi connectivity index (χ4v) is 1.23. The molecule has 3 heteroatoms. The van der Waals surface area contributed by atoms with Crippen molar-refractivity contribution in [2.24, 2.45) is 0 Å². The molecule has 3 nitrogen and oxygen atoms in total. The SMILES string of the molecule is CC(C)Oc1cccc(C(=O)N(C)C)c1. The molecule has 0 atom stereocenters. The Morgan fingerprint density at radius 1 is 1.33 bits per heavy atom. The van der Waals surface area contributed by atoms with Crippen molar-refractivity contribution in [3.8, 4) is 5.75 Å². The Morgan fingerprint density at radius 3 is 2.53 bits per heavy atom. The Balaban J connectivity index is 2.87. The van der Waals surface area contributed by atoms with E-state index >= 15 is 0 Å². The molecule has 0 unspecified atom stereocenters. The lowest BCUT2D eigenvalue weighted by molar-refractivity contribution is 0.0827. The molecule has 1 aromatic rings. The molecule has 0 bridgehead atoms. The monoisotopic (exact) mass is 207 g/mol. The molecule has 0 radical (unpaired) electrons. The molecule has 1 amide bonds. The maximum absolute atomic E-state index is 11.7. The topological polar surface area (TPSA) is 29.5 Å². The van der Waals surface area contributed by atoms with Crippen LogP contribution in [-0.2, 0) is 0 Å². The summed E-state index contributed by atoms with van der Waals surface area (Å²) in [5.41, 5.74) is 0.651. The molecule has 0 spiro atoms. The first-order valence-electron chi connectivity index (χ1n) is 4.99. The quantitative estimate of drug-likeness (QED) is 0.760. The normalized spacial score (nSPS) is 10.2. The Bertz CT molecular complexity index is 345. The second kappa shape index (κ2) is 4.82. The van der Waals surface area contributed by atoms with Crippen LogP contribution in [0.5, 0.6) is 5.75 Å². The minimum Gasteiger partial charge on any atom is -0.491 e. The molecule has 15 heavy (non-hydrogen) atoms. The number of carbonyl (C=O) groups excluding carboxylic acids is 1. The van der Waals surface area contributed by atoms with E-state index in [0.29, 0.717) is 5.56 Å². The highest BCUT2D eigenvalue weighted by molar-refractivity contribution is 5.94. The highest BCUT2D eigenvalue weighted by atomic mass is 16.5. The van der Waals surface area contributed by atoms with Gasteiger partial charge in [0, 0.05) is 19.7 Å². The van der Waals surface area contributed by atoms with Gasteiger partial charge in [0.15, 0.2) is 0 Å². The molecule has 0 fully saturated rings. The van der Waals surface area contributed by atoms with Crippen molar-refractivity contribution in [3.63, 3.8) is 0 Å². The molecular formula is C12H17NO2. The van der Waals surface area contributed by atoms with Crippen LogP contribution in [0.1, 0.15) is 24.2 Å². The largest absolute Gasteiger partial charge is 0.491 e. The van der Waals surface area contributed by atoms with Crippen molar-refractivity contribution in [1.29, 1.82) is 0 Å². The van der Waals surface area contributed by atoms with Gasteiger partial charge in [-0.2, -0.15) is 0 Å².